The van der Waals surface area contributed by atoms with Crippen LogP contribution in [0.25, 0.3) is 0 Å². The number of hydrogen-bond donors (Lipinski definition) is 2. The summed E-state index contributed by atoms with van der Waals surface area (Å²) in [6.07, 6.45) is 3.49. The lowest BCUT2D eigenvalue weighted by atomic mass is 10.00. The van der Waals surface area contributed by atoms with Crippen LogP contribution in [0.4, 0.5) is 0 Å². The van der Waals surface area contributed by atoms with Crippen LogP contribution in [0.2, 0.25) is 0 Å². The van der Waals surface area contributed by atoms with Gasteiger partial charge in [0, 0.05) is 25.9 Å². The van der Waals surface area contributed by atoms with Crippen LogP contribution in [0.5, 0.6) is 0 Å². The molecular weight excluding hydrogens is 274 g/mol. The van der Waals surface area contributed by atoms with E-state index in [1.165, 1.54) is 42.0 Å². The zero-order valence-corrected chi connectivity index (χ0v) is 13.9. The molecular formula is C18H29N3O+2. The highest BCUT2D eigenvalue weighted by Crippen LogP contribution is 2.18. The minimum atomic E-state index is 0.318. The van der Waals surface area contributed by atoms with Gasteiger partial charge in [0.1, 0.15) is 0 Å². The highest BCUT2D eigenvalue weighted by molar-refractivity contribution is 5.77. The van der Waals surface area contributed by atoms with Gasteiger partial charge in [0.2, 0.25) is 0 Å². The van der Waals surface area contributed by atoms with Crippen molar-refractivity contribution < 1.29 is 14.6 Å². The molecule has 22 heavy (non-hydrogen) atoms. The van der Waals surface area contributed by atoms with E-state index in [4.69, 9.17) is 0 Å². The lowest BCUT2D eigenvalue weighted by Gasteiger charge is -2.33. The fourth-order valence-corrected chi connectivity index (χ4v) is 3.81. The first-order valence-electron chi connectivity index (χ1n) is 8.61. The van der Waals surface area contributed by atoms with Crippen molar-refractivity contribution in [2.45, 2.75) is 31.8 Å². The van der Waals surface area contributed by atoms with Crippen LogP contribution in [0, 0.1) is 0 Å². The van der Waals surface area contributed by atoms with E-state index in [-0.39, 0.29) is 0 Å². The second-order valence-electron chi connectivity index (χ2n) is 7.09. The third-order valence-electron chi connectivity index (χ3n) is 5.45. The predicted molar refractivity (Wildman–Crippen MR) is 87.0 cm³/mol. The van der Waals surface area contributed by atoms with Gasteiger partial charge >= 0.3 is 0 Å². The van der Waals surface area contributed by atoms with E-state index in [0.717, 1.165) is 19.5 Å². The maximum Gasteiger partial charge on any atom is 0.278 e. The van der Waals surface area contributed by atoms with Crippen molar-refractivity contribution in [3.05, 3.63) is 35.4 Å². The monoisotopic (exact) mass is 303 g/mol. The molecule has 1 aromatic carbocycles. The summed E-state index contributed by atoms with van der Waals surface area (Å²) in [5.74, 6) is 0.318. The standard InChI is InChI=1S/C18H27N3O/c1-19-10-8-17(9-11-19)20(2)14-18(22)21-12-7-15-5-3-4-6-16(15)13-21/h3-6,17H,7-14H2,1-2H3/p+2. The Morgan fingerprint density at radius 2 is 1.95 bits per heavy atom. The summed E-state index contributed by atoms with van der Waals surface area (Å²) in [6.45, 7) is 4.80. The third kappa shape index (κ3) is 3.50. The maximum absolute atomic E-state index is 12.6. The number of hydrogen-bond acceptors (Lipinski definition) is 1. The molecule has 0 spiro atoms. The number of rotatable bonds is 3. The van der Waals surface area contributed by atoms with Crippen LogP contribution in [0.3, 0.4) is 0 Å². The van der Waals surface area contributed by atoms with Gasteiger partial charge in [0.15, 0.2) is 6.54 Å². The molecule has 2 aliphatic heterocycles. The van der Waals surface area contributed by atoms with Crippen LogP contribution in [-0.2, 0) is 17.8 Å². The summed E-state index contributed by atoms with van der Waals surface area (Å²) in [5.41, 5.74) is 2.73. The summed E-state index contributed by atoms with van der Waals surface area (Å²) in [6, 6.07) is 9.17. The fraction of sp³-hybridized carbons (Fsp3) is 0.611. The molecule has 0 bridgehead atoms. The van der Waals surface area contributed by atoms with E-state index in [1.807, 2.05) is 4.90 Å². The van der Waals surface area contributed by atoms with Gasteiger partial charge in [-0.05, 0) is 17.5 Å². The largest absolute Gasteiger partial charge is 0.337 e. The SMILES string of the molecule is C[NH+]1CCC([NH+](C)CC(=O)N2CCc3ccccc3C2)CC1. The number of fused-ring (bicyclic) bond motifs is 1. The molecule has 0 radical (unpaired) electrons. The van der Waals surface area contributed by atoms with Gasteiger partial charge < -0.3 is 14.7 Å². The third-order valence-corrected chi connectivity index (χ3v) is 5.45. The van der Waals surface area contributed by atoms with Crippen LogP contribution in [0.15, 0.2) is 24.3 Å². The molecule has 1 atom stereocenters. The summed E-state index contributed by atoms with van der Waals surface area (Å²) >= 11 is 0. The zero-order chi connectivity index (χ0) is 15.5. The zero-order valence-electron chi connectivity index (χ0n) is 13.9. The molecule has 3 rings (SSSR count). The number of amides is 1. The Balaban J connectivity index is 1.54. The van der Waals surface area contributed by atoms with Crippen molar-refractivity contribution in [3.8, 4) is 0 Å². The Bertz CT molecular complexity index is 523. The molecule has 0 aliphatic carbocycles. The number of carbonyl (C=O) groups is 1. The molecule has 1 amide bonds. The quantitative estimate of drug-likeness (QED) is 0.719. The Labute approximate surface area is 133 Å². The minimum absolute atomic E-state index is 0.318. The molecule has 4 nitrogen and oxygen atoms in total. The average Bonchev–Trinajstić information content (AvgIpc) is 2.55. The van der Waals surface area contributed by atoms with E-state index < -0.39 is 0 Å². The molecule has 2 heterocycles. The normalized spacial score (nSPS) is 26.4. The van der Waals surface area contributed by atoms with Gasteiger partial charge in [-0.15, -0.1) is 0 Å². The molecule has 1 fully saturated rings. The summed E-state index contributed by atoms with van der Waals surface area (Å²) in [7, 11) is 4.46. The molecule has 1 unspecified atom stereocenters. The summed E-state index contributed by atoms with van der Waals surface area (Å²) < 4.78 is 0. The number of nitrogens with one attached hydrogen (secondary N) is 2. The first kappa shape index (κ1) is 15.5. The molecule has 120 valence electrons. The molecule has 2 N–H and O–H groups in total. The Morgan fingerprint density at radius 1 is 1.27 bits per heavy atom. The number of piperidine rings is 1. The topological polar surface area (TPSA) is 29.2 Å². The van der Waals surface area contributed by atoms with E-state index >= 15 is 0 Å². The second kappa shape index (κ2) is 6.80. The fourth-order valence-electron chi connectivity index (χ4n) is 3.81. The summed E-state index contributed by atoms with van der Waals surface area (Å²) in [5, 5.41) is 0. The average molecular weight is 303 g/mol. The second-order valence-corrected chi connectivity index (χ2v) is 7.09. The lowest BCUT2D eigenvalue weighted by Crippen LogP contribution is -3.18. The van der Waals surface area contributed by atoms with Gasteiger partial charge in [0.25, 0.3) is 5.91 Å². The minimum Gasteiger partial charge on any atom is -0.337 e. The van der Waals surface area contributed by atoms with Gasteiger partial charge in [0.05, 0.1) is 33.2 Å². The van der Waals surface area contributed by atoms with Crippen molar-refractivity contribution >= 4 is 5.91 Å². The number of nitrogens with zero attached hydrogens (tertiary/aromatic N) is 1. The molecule has 0 saturated carbocycles. The number of quaternary nitrogens is 2. The van der Waals surface area contributed by atoms with Crippen molar-refractivity contribution in [2.75, 3.05) is 40.3 Å². The number of likely N-dealkylation sites (N-methyl/N-ethyl adjacent to an activating group) is 1. The van der Waals surface area contributed by atoms with E-state index in [1.54, 1.807) is 4.90 Å². The first-order chi connectivity index (χ1) is 10.6. The lowest BCUT2D eigenvalue weighted by molar-refractivity contribution is -0.935. The number of benzene rings is 1. The van der Waals surface area contributed by atoms with Crippen molar-refractivity contribution in [2.24, 2.45) is 0 Å². The Morgan fingerprint density at radius 3 is 2.68 bits per heavy atom. The van der Waals surface area contributed by atoms with E-state index in [9.17, 15) is 4.79 Å². The van der Waals surface area contributed by atoms with Gasteiger partial charge in [-0.2, -0.15) is 0 Å². The van der Waals surface area contributed by atoms with E-state index in [0.29, 0.717) is 18.5 Å². The predicted octanol–water partition coefficient (Wildman–Crippen LogP) is -1.24. The summed E-state index contributed by atoms with van der Waals surface area (Å²) in [4.78, 5) is 17.7. The molecule has 2 aliphatic rings. The van der Waals surface area contributed by atoms with Gasteiger partial charge in [-0.25, -0.2) is 0 Å². The number of likely N-dealkylation sites (tertiary alicyclic amines) is 1. The van der Waals surface area contributed by atoms with Crippen LogP contribution in [-0.4, -0.2) is 57.1 Å². The highest BCUT2D eigenvalue weighted by atomic mass is 16.2. The number of carbonyl (C=O) groups excluding carboxylic acids is 1. The smallest absolute Gasteiger partial charge is 0.278 e. The van der Waals surface area contributed by atoms with Crippen molar-refractivity contribution in [1.29, 1.82) is 0 Å². The Hall–Kier alpha value is -1.39. The van der Waals surface area contributed by atoms with Gasteiger partial charge in [-0.3, -0.25) is 4.79 Å². The van der Waals surface area contributed by atoms with Crippen LogP contribution >= 0.6 is 0 Å². The Kier molecular flexibility index (Phi) is 4.79. The van der Waals surface area contributed by atoms with Crippen molar-refractivity contribution in [1.82, 2.24) is 4.90 Å². The van der Waals surface area contributed by atoms with Crippen LogP contribution in [0.1, 0.15) is 24.0 Å². The molecule has 1 aromatic rings. The maximum atomic E-state index is 12.6. The van der Waals surface area contributed by atoms with Gasteiger partial charge in [-0.1, -0.05) is 24.3 Å². The first-order valence-corrected chi connectivity index (χ1v) is 8.61. The molecule has 1 saturated heterocycles. The van der Waals surface area contributed by atoms with Crippen molar-refractivity contribution in [3.63, 3.8) is 0 Å². The molecule has 0 aromatic heterocycles. The molecule has 4 heteroatoms. The highest BCUT2D eigenvalue weighted by Gasteiger charge is 2.29. The van der Waals surface area contributed by atoms with E-state index in [2.05, 4.69) is 38.4 Å². The van der Waals surface area contributed by atoms with Crippen LogP contribution < -0.4 is 9.80 Å².